The van der Waals surface area contributed by atoms with Crippen molar-refractivity contribution < 1.29 is 0 Å². The number of rotatable bonds is 3. The highest BCUT2D eigenvalue weighted by Crippen LogP contribution is 2.04. The van der Waals surface area contributed by atoms with Gasteiger partial charge in [0.25, 0.3) is 0 Å². The third kappa shape index (κ3) is 11.4. The first-order valence-electron chi connectivity index (χ1n) is 3.92. The zero-order chi connectivity index (χ0) is 7.70. The van der Waals surface area contributed by atoms with Crippen molar-refractivity contribution in [2.45, 2.75) is 40.5 Å². The molecule has 0 aliphatic heterocycles. The van der Waals surface area contributed by atoms with E-state index in [1.165, 1.54) is 6.42 Å². The van der Waals surface area contributed by atoms with Gasteiger partial charge in [0.15, 0.2) is 0 Å². The van der Waals surface area contributed by atoms with E-state index in [1.54, 1.807) is 0 Å². The molecule has 0 N–H and O–H groups in total. The maximum atomic E-state index is 3.65. The van der Waals surface area contributed by atoms with Crippen molar-refractivity contribution >= 4 is 0 Å². The van der Waals surface area contributed by atoms with Crippen LogP contribution in [0.1, 0.15) is 40.5 Å². The third-order valence-corrected chi connectivity index (χ3v) is 1.27. The Balaban J connectivity index is 0. The molecule has 9 heavy (non-hydrogen) atoms. The lowest BCUT2D eigenvalue weighted by Gasteiger charge is -2.00. The zero-order valence-corrected chi connectivity index (χ0v) is 7.28. The molecule has 0 fully saturated rings. The highest BCUT2D eigenvalue weighted by Gasteiger charge is 1.90. The molecule has 0 saturated carbocycles. The van der Waals surface area contributed by atoms with Crippen LogP contribution in [0.2, 0.25) is 0 Å². The van der Waals surface area contributed by atoms with E-state index in [2.05, 4.69) is 20.4 Å². The minimum absolute atomic E-state index is 0.831. The van der Waals surface area contributed by atoms with Gasteiger partial charge in [-0.2, -0.15) is 0 Å². The van der Waals surface area contributed by atoms with Crippen molar-refractivity contribution in [3.8, 4) is 0 Å². The summed E-state index contributed by atoms with van der Waals surface area (Å²) in [5.41, 5.74) is 0. The van der Waals surface area contributed by atoms with Crippen molar-refractivity contribution in [1.29, 1.82) is 0 Å². The van der Waals surface area contributed by atoms with Crippen molar-refractivity contribution in [2.75, 3.05) is 0 Å². The van der Waals surface area contributed by atoms with Crippen LogP contribution in [0.25, 0.3) is 0 Å². The van der Waals surface area contributed by atoms with Gasteiger partial charge in [0.1, 0.15) is 0 Å². The Morgan fingerprint density at radius 3 is 2.00 bits per heavy atom. The summed E-state index contributed by atoms with van der Waals surface area (Å²) < 4.78 is 0. The molecule has 0 saturated heterocycles. The molecule has 0 rings (SSSR count). The number of hydrogen-bond donors (Lipinski definition) is 0. The summed E-state index contributed by atoms with van der Waals surface area (Å²) in [7, 11) is 0. The van der Waals surface area contributed by atoms with Crippen LogP contribution < -0.4 is 0 Å². The fourth-order valence-electron chi connectivity index (χ4n) is 0.451. The predicted molar refractivity (Wildman–Crippen MR) is 45.6 cm³/mol. The van der Waals surface area contributed by atoms with Gasteiger partial charge in [-0.3, -0.25) is 0 Å². The van der Waals surface area contributed by atoms with Crippen LogP contribution in [0.4, 0.5) is 0 Å². The summed E-state index contributed by atoms with van der Waals surface area (Å²) in [5, 5.41) is 0. The lowest BCUT2D eigenvalue weighted by atomic mass is 10.1. The minimum atomic E-state index is 0.831. The average molecular weight is 128 g/mol. The van der Waals surface area contributed by atoms with Crippen LogP contribution in [-0.2, 0) is 0 Å². The Morgan fingerprint density at radius 2 is 1.89 bits per heavy atom. The van der Waals surface area contributed by atoms with E-state index in [-0.39, 0.29) is 0 Å². The monoisotopic (exact) mass is 128 g/mol. The van der Waals surface area contributed by atoms with Crippen molar-refractivity contribution in [2.24, 2.45) is 5.92 Å². The fraction of sp³-hybridized carbons (Fsp3) is 0.778. The van der Waals surface area contributed by atoms with Gasteiger partial charge in [0.2, 0.25) is 0 Å². The van der Waals surface area contributed by atoms with Crippen LogP contribution in [-0.4, -0.2) is 0 Å². The molecule has 0 aromatic heterocycles. The molecular formula is C9H20. The molecule has 56 valence electrons. The quantitative estimate of drug-likeness (QED) is 0.509. The van der Waals surface area contributed by atoms with Crippen LogP contribution in [0, 0.1) is 5.92 Å². The summed E-state index contributed by atoms with van der Waals surface area (Å²) in [5.74, 6) is 0.831. The van der Waals surface area contributed by atoms with Crippen molar-refractivity contribution in [1.82, 2.24) is 0 Å². The van der Waals surface area contributed by atoms with Gasteiger partial charge in [-0.25, -0.2) is 0 Å². The molecule has 0 heteroatoms. The van der Waals surface area contributed by atoms with E-state index in [0.717, 1.165) is 12.3 Å². The normalized spacial score (nSPS) is 11.1. The summed E-state index contributed by atoms with van der Waals surface area (Å²) in [6.45, 7) is 12.1. The topological polar surface area (TPSA) is 0 Å². The molecule has 0 aliphatic carbocycles. The van der Waals surface area contributed by atoms with E-state index < -0.39 is 0 Å². The highest BCUT2D eigenvalue weighted by molar-refractivity contribution is 4.68. The number of hydrogen-bond acceptors (Lipinski definition) is 0. The number of allylic oxidation sites excluding steroid dienone is 1. The molecule has 0 spiro atoms. The van der Waals surface area contributed by atoms with Crippen molar-refractivity contribution in [3.05, 3.63) is 12.7 Å². The standard InChI is InChI=1S/C7H14.C2H6/c1-4-6-7(3)5-2;1-2/h4,7H,1,5-6H2,2-3H3;1-2H3. The van der Waals surface area contributed by atoms with Gasteiger partial charge < -0.3 is 0 Å². The lowest BCUT2D eigenvalue weighted by Crippen LogP contribution is -1.86. The van der Waals surface area contributed by atoms with Crippen LogP contribution in [0.5, 0.6) is 0 Å². The van der Waals surface area contributed by atoms with Crippen LogP contribution in [0.3, 0.4) is 0 Å². The van der Waals surface area contributed by atoms with E-state index in [1.807, 2.05) is 19.9 Å². The second-order valence-electron chi connectivity index (χ2n) is 2.04. The molecular weight excluding hydrogens is 108 g/mol. The summed E-state index contributed by atoms with van der Waals surface area (Å²) in [4.78, 5) is 0. The maximum Gasteiger partial charge on any atom is -0.0328 e. The summed E-state index contributed by atoms with van der Waals surface area (Å²) in [6, 6.07) is 0. The third-order valence-electron chi connectivity index (χ3n) is 1.27. The van der Waals surface area contributed by atoms with Crippen LogP contribution >= 0.6 is 0 Å². The minimum Gasteiger partial charge on any atom is -0.103 e. The Kier molecular flexibility index (Phi) is 13.7. The molecule has 1 unspecified atom stereocenters. The van der Waals surface area contributed by atoms with E-state index >= 15 is 0 Å². The molecule has 0 radical (unpaired) electrons. The van der Waals surface area contributed by atoms with Crippen LogP contribution in [0.15, 0.2) is 12.7 Å². The van der Waals surface area contributed by atoms with Gasteiger partial charge >= 0.3 is 0 Å². The molecule has 0 aromatic rings. The smallest absolute Gasteiger partial charge is 0.0328 e. The van der Waals surface area contributed by atoms with Gasteiger partial charge in [-0.1, -0.05) is 40.2 Å². The molecule has 0 aromatic carbocycles. The van der Waals surface area contributed by atoms with E-state index in [4.69, 9.17) is 0 Å². The maximum absolute atomic E-state index is 3.65. The first kappa shape index (κ1) is 11.5. The van der Waals surface area contributed by atoms with Gasteiger partial charge in [-0.05, 0) is 12.3 Å². The predicted octanol–water partition coefficient (Wildman–Crippen LogP) is 3.63. The molecule has 0 nitrogen and oxygen atoms in total. The Labute approximate surface area is 60.0 Å². The Morgan fingerprint density at radius 1 is 1.44 bits per heavy atom. The molecule has 0 amide bonds. The highest BCUT2D eigenvalue weighted by atomic mass is 14.0. The first-order valence-corrected chi connectivity index (χ1v) is 3.92. The second-order valence-corrected chi connectivity index (χ2v) is 2.04. The SMILES string of the molecule is C=CCC(C)CC.CC. The average Bonchev–Trinajstić information content (AvgIpc) is 1.93. The largest absolute Gasteiger partial charge is 0.103 e. The molecule has 0 bridgehead atoms. The summed E-state index contributed by atoms with van der Waals surface area (Å²) in [6.07, 6.45) is 4.41. The zero-order valence-electron chi connectivity index (χ0n) is 7.28. The van der Waals surface area contributed by atoms with E-state index in [0.29, 0.717) is 0 Å². The fourth-order valence-corrected chi connectivity index (χ4v) is 0.451. The van der Waals surface area contributed by atoms with Crippen molar-refractivity contribution in [3.63, 3.8) is 0 Å². The van der Waals surface area contributed by atoms with Gasteiger partial charge in [-0.15, -0.1) is 6.58 Å². The van der Waals surface area contributed by atoms with E-state index in [9.17, 15) is 0 Å². The second kappa shape index (κ2) is 10.7. The lowest BCUT2D eigenvalue weighted by molar-refractivity contribution is 0.572. The van der Waals surface area contributed by atoms with Gasteiger partial charge in [0.05, 0.1) is 0 Å². The van der Waals surface area contributed by atoms with Gasteiger partial charge in [0, 0.05) is 0 Å². The Hall–Kier alpha value is -0.260. The molecule has 0 aliphatic rings. The Bertz CT molecular complexity index is 46.0. The first-order chi connectivity index (χ1) is 4.31. The molecule has 0 heterocycles. The molecule has 1 atom stereocenters. The summed E-state index contributed by atoms with van der Waals surface area (Å²) >= 11 is 0.